The topological polar surface area (TPSA) is 43.3 Å². The van der Waals surface area contributed by atoms with Gasteiger partial charge in [-0.05, 0) is 36.4 Å². The van der Waals surface area contributed by atoms with Crippen molar-refractivity contribution in [3.63, 3.8) is 0 Å². The Morgan fingerprint density at radius 2 is 1.92 bits per heavy atom. The summed E-state index contributed by atoms with van der Waals surface area (Å²) in [4.78, 5) is 12.6. The number of fused-ring (bicyclic) bond motifs is 1. The molecule has 0 radical (unpaired) electrons. The second-order valence-corrected chi connectivity index (χ2v) is 6.04. The van der Waals surface area contributed by atoms with E-state index in [1.807, 2.05) is 6.07 Å². The predicted molar refractivity (Wildman–Crippen MR) is 93.9 cm³/mol. The standard InChI is InChI=1S/C18H14ClF3N2O2/c1-24-14-4-3-5-16(26-2)11(14)9-15(24)17(25)23-13-8-10(18(20,21)22)6-7-12(13)19/h3-9H,1-2H3,(H,23,25). The van der Waals surface area contributed by atoms with Gasteiger partial charge in [0.2, 0.25) is 0 Å². The third-order valence-corrected chi connectivity index (χ3v) is 4.37. The van der Waals surface area contributed by atoms with Crippen molar-refractivity contribution in [1.29, 1.82) is 0 Å². The number of carbonyl (C=O) groups excluding carboxylic acids is 1. The molecule has 3 aromatic rings. The quantitative estimate of drug-likeness (QED) is 0.684. The molecule has 4 nitrogen and oxygen atoms in total. The summed E-state index contributed by atoms with van der Waals surface area (Å²) in [7, 11) is 3.20. The van der Waals surface area contributed by atoms with E-state index in [4.69, 9.17) is 16.3 Å². The fourth-order valence-corrected chi connectivity index (χ4v) is 2.88. The normalized spacial score (nSPS) is 11.6. The Morgan fingerprint density at radius 3 is 2.58 bits per heavy atom. The zero-order valence-corrected chi connectivity index (χ0v) is 14.6. The van der Waals surface area contributed by atoms with Gasteiger partial charge in [0.25, 0.3) is 5.91 Å². The molecule has 1 heterocycles. The molecule has 1 aromatic heterocycles. The first kappa shape index (κ1) is 18.1. The summed E-state index contributed by atoms with van der Waals surface area (Å²) in [6.07, 6.45) is -4.53. The highest BCUT2D eigenvalue weighted by Gasteiger charge is 2.31. The second kappa shape index (κ2) is 6.57. The first-order chi connectivity index (χ1) is 12.2. The van der Waals surface area contributed by atoms with Crippen LogP contribution in [0.5, 0.6) is 5.75 Å². The van der Waals surface area contributed by atoms with Crippen molar-refractivity contribution in [2.24, 2.45) is 7.05 Å². The summed E-state index contributed by atoms with van der Waals surface area (Å²) in [6.45, 7) is 0. The molecular formula is C18H14ClF3N2O2. The maximum absolute atomic E-state index is 12.9. The number of aryl methyl sites for hydroxylation is 1. The number of nitrogens with zero attached hydrogens (tertiary/aromatic N) is 1. The number of benzene rings is 2. The number of halogens is 4. The van der Waals surface area contributed by atoms with Gasteiger partial charge in [-0.3, -0.25) is 4.79 Å². The number of nitrogens with one attached hydrogen (secondary N) is 1. The van der Waals surface area contributed by atoms with Gasteiger partial charge in [0.1, 0.15) is 11.4 Å². The Labute approximate surface area is 152 Å². The molecule has 0 unspecified atom stereocenters. The van der Waals surface area contributed by atoms with Crippen LogP contribution in [-0.4, -0.2) is 17.6 Å². The van der Waals surface area contributed by atoms with Crippen molar-refractivity contribution in [2.45, 2.75) is 6.18 Å². The minimum Gasteiger partial charge on any atom is -0.496 e. The van der Waals surface area contributed by atoms with Crippen LogP contribution in [-0.2, 0) is 13.2 Å². The fourth-order valence-electron chi connectivity index (χ4n) is 2.71. The number of anilines is 1. The third kappa shape index (κ3) is 3.22. The summed E-state index contributed by atoms with van der Waals surface area (Å²) in [5.41, 5.74) is 0.0160. The van der Waals surface area contributed by atoms with Gasteiger partial charge in [-0.1, -0.05) is 17.7 Å². The summed E-state index contributed by atoms with van der Waals surface area (Å²) < 4.78 is 45.5. The predicted octanol–water partition coefficient (Wildman–Crippen LogP) is 5.11. The van der Waals surface area contributed by atoms with Gasteiger partial charge in [0.05, 0.1) is 28.9 Å². The smallest absolute Gasteiger partial charge is 0.416 e. The van der Waals surface area contributed by atoms with Gasteiger partial charge >= 0.3 is 6.18 Å². The summed E-state index contributed by atoms with van der Waals surface area (Å²) in [5, 5.41) is 3.18. The van der Waals surface area contributed by atoms with E-state index in [9.17, 15) is 18.0 Å². The molecule has 0 aliphatic heterocycles. The Morgan fingerprint density at radius 1 is 1.19 bits per heavy atom. The number of aromatic nitrogens is 1. The molecule has 0 aliphatic rings. The molecule has 8 heteroatoms. The highest BCUT2D eigenvalue weighted by atomic mass is 35.5. The maximum Gasteiger partial charge on any atom is 0.416 e. The molecular weight excluding hydrogens is 369 g/mol. The molecule has 26 heavy (non-hydrogen) atoms. The van der Waals surface area contributed by atoms with Gasteiger partial charge in [-0.2, -0.15) is 13.2 Å². The molecule has 0 aliphatic carbocycles. The minimum atomic E-state index is -4.53. The molecule has 3 rings (SSSR count). The average Bonchev–Trinajstić information content (AvgIpc) is 2.93. The van der Waals surface area contributed by atoms with E-state index in [0.29, 0.717) is 5.75 Å². The molecule has 1 N–H and O–H groups in total. The number of hydrogen-bond donors (Lipinski definition) is 1. The lowest BCUT2D eigenvalue weighted by Crippen LogP contribution is -2.16. The van der Waals surface area contributed by atoms with Crippen LogP contribution in [0.25, 0.3) is 10.9 Å². The van der Waals surface area contributed by atoms with Gasteiger partial charge in [-0.15, -0.1) is 0 Å². The molecule has 0 bridgehead atoms. The Hall–Kier alpha value is -2.67. The molecule has 0 fully saturated rings. The number of hydrogen-bond acceptors (Lipinski definition) is 2. The highest BCUT2D eigenvalue weighted by molar-refractivity contribution is 6.34. The van der Waals surface area contributed by atoms with E-state index in [1.54, 1.807) is 29.8 Å². The summed E-state index contributed by atoms with van der Waals surface area (Å²) >= 11 is 5.94. The van der Waals surface area contributed by atoms with E-state index in [0.717, 1.165) is 29.1 Å². The van der Waals surface area contributed by atoms with Gasteiger partial charge in [0, 0.05) is 12.4 Å². The molecule has 0 saturated heterocycles. The van der Waals surface area contributed by atoms with E-state index < -0.39 is 17.6 Å². The van der Waals surface area contributed by atoms with Gasteiger partial charge in [0.15, 0.2) is 0 Å². The molecule has 1 amide bonds. The van der Waals surface area contributed by atoms with Crippen LogP contribution >= 0.6 is 11.6 Å². The lowest BCUT2D eigenvalue weighted by Gasteiger charge is -2.12. The van der Waals surface area contributed by atoms with E-state index in [1.165, 1.54) is 7.11 Å². The minimum absolute atomic E-state index is 0.0164. The SMILES string of the molecule is COc1cccc2c1cc(C(=O)Nc1cc(C(F)(F)F)ccc1Cl)n2C. The van der Waals surface area contributed by atoms with Crippen molar-refractivity contribution in [3.8, 4) is 5.75 Å². The van der Waals surface area contributed by atoms with Crippen LogP contribution in [0, 0.1) is 0 Å². The molecule has 0 saturated carbocycles. The van der Waals surface area contributed by atoms with E-state index >= 15 is 0 Å². The Balaban J connectivity index is 1.99. The Bertz CT molecular complexity index is 996. The molecule has 0 atom stereocenters. The first-order valence-electron chi connectivity index (χ1n) is 7.53. The maximum atomic E-state index is 12.9. The number of alkyl halides is 3. The van der Waals surface area contributed by atoms with Crippen molar-refractivity contribution >= 4 is 34.1 Å². The fraction of sp³-hybridized carbons (Fsp3) is 0.167. The lowest BCUT2D eigenvalue weighted by molar-refractivity contribution is -0.137. The summed E-state index contributed by atoms with van der Waals surface area (Å²) in [5.74, 6) is 0.0150. The Kier molecular flexibility index (Phi) is 4.58. The average molecular weight is 383 g/mol. The van der Waals surface area contributed by atoms with Crippen LogP contribution in [0.4, 0.5) is 18.9 Å². The second-order valence-electron chi connectivity index (χ2n) is 5.63. The monoisotopic (exact) mass is 382 g/mol. The lowest BCUT2D eigenvalue weighted by atomic mass is 10.2. The van der Waals surface area contributed by atoms with Gasteiger partial charge in [-0.25, -0.2) is 0 Å². The third-order valence-electron chi connectivity index (χ3n) is 4.04. The number of ether oxygens (including phenoxy) is 1. The van der Waals surface area contributed by atoms with Crippen molar-refractivity contribution in [1.82, 2.24) is 4.57 Å². The van der Waals surface area contributed by atoms with E-state index in [2.05, 4.69) is 5.32 Å². The zero-order valence-electron chi connectivity index (χ0n) is 13.8. The van der Waals surface area contributed by atoms with Gasteiger partial charge < -0.3 is 14.6 Å². The number of amides is 1. The van der Waals surface area contributed by atoms with Crippen LogP contribution in [0.2, 0.25) is 5.02 Å². The van der Waals surface area contributed by atoms with E-state index in [-0.39, 0.29) is 16.4 Å². The number of methoxy groups -OCH3 is 1. The molecule has 136 valence electrons. The zero-order chi connectivity index (χ0) is 19.1. The molecule has 0 spiro atoms. The van der Waals surface area contributed by atoms with Crippen LogP contribution in [0.1, 0.15) is 16.1 Å². The van der Waals surface area contributed by atoms with Crippen molar-refractivity contribution < 1.29 is 22.7 Å². The van der Waals surface area contributed by atoms with Crippen LogP contribution in [0.15, 0.2) is 42.5 Å². The number of carbonyl (C=O) groups is 1. The first-order valence-corrected chi connectivity index (χ1v) is 7.90. The number of rotatable bonds is 3. The van der Waals surface area contributed by atoms with Crippen molar-refractivity contribution in [2.75, 3.05) is 12.4 Å². The summed E-state index contributed by atoms with van der Waals surface area (Å²) in [6, 6.07) is 9.74. The van der Waals surface area contributed by atoms with Crippen molar-refractivity contribution in [3.05, 3.63) is 58.7 Å². The highest BCUT2D eigenvalue weighted by Crippen LogP contribution is 2.34. The van der Waals surface area contributed by atoms with Crippen LogP contribution in [0.3, 0.4) is 0 Å². The largest absolute Gasteiger partial charge is 0.496 e. The molecule has 2 aromatic carbocycles. The van der Waals surface area contributed by atoms with Crippen LogP contribution < -0.4 is 10.1 Å².